The number of aromatic hydroxyl groups is 1. The number of fused-ring (bicyclic) bond motifs is 1. The molecule has 1 saturated heterocycles. The topological polar surface area (TPSA) is 90.0 Å². The van der Waals surface area contributed by atoms with Gasteiger partial charge in [0.2, 0.25) is 0 Å². The maximum absolute atomic E-state index is 14.2. The maximum Gasteiger partial charge on any atom is 0.270 e. The highest BCUT2D eigenvalue weighted by Gasteiger charge is 2.25. The number of H-pyrrole nitrogens is 1. The first-order chi connectivity index (χ1) is 17.8. The number of para-hydroxylation sites is 1. The number of aromatic amines is 1. The number of benzene rings is 2. The Bertz CT molecular complexity index is 1490. The summed E-state index contributed by atoms with van der Waals surface area (Å²) in [4.78, 5) is 21.2. The Morgan fingerprint density at radius 1 is 1.14 bits per heavy atom. The summed E-state index contributed by atoms with van der Waals surface area (Å²) >= 11 is 0. The number of carbonyl (C=O) groups excluding carboxylic acids is 1. The van der Waals surface area contributed by atoms with Gasteiger partial charge in [-0.2, -0.15) is 0 Å². The van der Waals surface area contributed by atoms with Crippen molar-refractivity contribution >= 4 is 16.8 Å². The average molecular weight is 497 g/mol. The van der Waals surface area contributed by atoms with E-state index in [0.717, 1.165) is 36.8 Å². The van der Waals surface area contributed by atoms with Gasteiger partial charge < -0.3 is 20.7 Å². The first-order valence-electron chi connectivity index (χ1n) is 12.4. The minimum atomic E-state index is -0.832. The van der Waals surface area contributed by atoms with Gasteiger partial charge >= 0.3 is 0 Å². The van der Waals surface area contributed by atoms with Gasteiger partial charge in [-0.3, -0.25) is 4.79 Å². The van der Waals surface area contributed by atoms with Crippen molar-refractivity contribution in [2.45, 2.75) is 32.7 Å². The zero-order valence-corrected chi connectivity index (χ0v) is 20.9. The van der Waals surface area contributed by atoms with Crippen molar-refractivity contribution < 1.29 is 14.3 Å². The van der Waals surface area contributed by atoms with Crippen LogP contribution in [0.2, 0.25) is 0 Å². The number of halogens is 1. The Hall–Kier alpha value is -4.15. The molecule has 4 N–H and O–H groups in total. The highest BCUT2D eigenvalue weighted by atomic mass is 19.1. The van der Waals surface area contributed by atoms with Crippen molar-refractivity contribution in [3.05, 3.63) is 94.7 Å². The molecule has 1 aliphatic rings. The molecular formula is C30H29FN4O2. The molecular weight excluding hydrogens is 467 g/mol. The minimum Gasteiger partial charge on any atom is -0.508 e. The number of hydrogen-bond acceptors (Lipinski definition) is 4. The quantitative estimate of drug-likeness (QED) is 0.300. The fraction of sp³-hybridized carbons (Fsp3) is 0.267. The number of amides is 1. The summed E-state index contributed by atoms with van der Waals surface area (Å²) in [5.74, 6) is 5.56. The lowest BCUT2D eigenvalue weighted by Gasteiger charge is -2.28. The monoisotopic (exact) mass is 496 g/mol. The smallest absolute Gasteiger partial charge is 0.270 e. The lowest BCUT2D eigenvalue weighted by atomic mass is 9.81. The van der Waals surface area contributed by atoms with Gasteiger partial charge in [-0.05, 0) is 87.6 Å². The van der Waals surface area contributed by atoms with E-state index in [1.165, 1.54) is 18.2 Å². The Kier molecular flexibility index (Phi) is 6.68. The molecule has 2 aromatic carbocycles. The van der Waals surface area contributed by atoms with E-state index in [1.807, 2.05) is 43.3 Å². The molecule has 0 spiro atoms. The normalized spacial score (nSPS) is 15.5. The fourth-order valence-corrected chi connectivity index (χ4v) is 4.72. The molecule has 4 aromatic rings. The summed E-state index contributed by atoms with van der Waals surface area (Å²) in [5.41, 5.74) is 3.24. The summed E-state index contributed by atoms with van der Waals surface area (Å²) < 4.78 is 14.2. The van der Waals surface area contributed by atoms with Crippen LogP contribution in [0.5, 0.6) is 5.75 Å². The molecule has 7 heteroatoms. The number of nitrogens with zero attached hydrogens (tertiary/aromatic N) is 1. The first kappa shape index (κ1) is 24.5. The predicted molar refractivity (Wildman–Crippen MR) is 142 cm³/mol. The number of carbonyl (C=O) groups is 1. The van der Waals surface area contributed by atoms with Crippen LogP contribution in [0.15, 0.2) is 60.7 Å². The number of phenols is 1. The van der Waals surface area contributed by atoms with E-state index in [1.54, 1.807) is 6.07 Å². The van der Waals surface area contributed by atoms with Crippen LogP contribution in [0.25, 0.3) is 10.9 Å². The van der Waals surface area contributed by atoms with Crippen LogP contribution in [0.4, 0.5) is 4.39 Å². The van der Waals surface area contributed by atoms with Crippen molar-refractivity contribution in [1.82, 2.24) is 20.6 Å². The Morgan fingerprint density at radius 2 is 1.92 bits per heavy atom. The highest BCUT2D eigenvalue weighted by molar-refractivity contribution is 5.93. The molecule has 3 heterocycles. The molecule has 188 valence electrons. The second-order valence-electron chi connectivity index (χ2n) is 9.86. The SMILES string of the molecule is Cc1cc(C#CC2(C)CCNCC2)cc(C(=O)N[C@H](c2cc3ccccc3[nH]2)c2cc(F)ccc2O)n1. The Balaban J connectivity index is 1.49. The van der Waals surface area contributed by atoms with Crippen molar-refractivity contribution in [2.75, 3.05) is 13.1 Å². The molecule has 37 heavy (non-hydrogen) atoms. The van der Waals surface area contributed by atoms with Crippen LogP contribution in [-0.4, -0.2) is 34.1 Å². The van der Waals surface area contributed by atoms with Gasteiger partial charge in [0, 0.05) is 33.4 Å². The largest absolute Gasteiger partial charge is 0.508 e. The zero-order valence-electron chi connectivity index (χ0n) is 20.9. The summed E-state index contributed by atoms with van der Waals surface area (Å²) in [5, 5.41) is 17.8. The number of pyridine rings is 1. The van der Waals surface area contributed by atoms with Gasteiger partial charge in [0.05, 0.1) is 6.04 Å². The second kappa shape index (κ2) is 10.1. The highest BCUT2D eigenvalue weighted by Crippen LogP contribution is 2.32. The Labute approximate surface area is 215 Å². The molecule has 2 aromatic heterocycles. The minimum absolute atomic E-state index is 0.0690. The fourth-order valence-electron chi connectivity index (χ4n) is 4.72. The van der Waals surface area contributed by atoms with Crippen LogP contribution in [0.3, 0.4) is 0 Å². The molecule has 0 unspecified atom stereocenters. The third-order valence-corrected chi connectivity index (χ3v) is 6.84. The molecule has 0 radical (unpaired) electrons. The van der Waals surface area contributed by atoms with Crippen LogP contribution in [0.1, 0.15) is 58.8 Å². The van der Waals surface area contributed by atoms with Gasteiger partial charge in [-0.25, -0.2) is 9.37 Å². The standard InChI is InChI=1S/C30H29FN4O2/c1-19-15-20(9-10-30(2)11-13-32-14-12-30)16-26(33-19)29(37)35-28(23-18-22(31)7-8-27(23)36)25-17-21-5-3-4-6-24(21)34-25/h3-8,15-18,28,32,34,36H,11-14H2,1-2H3,(H,35,37)/t28-/m0/s1. The van der Waals surface area contributed by atoms with E-state index in [4.69, 9.17) is 0 Å². The zero-order chi connectivity index (χ0) is 26.0. The average Bonchev–Trinajstić information content (AvgIpc) is 3.32. The van der Waals surface area contributed by atoms with Crippen molar-refractivity contribution in [3.8, 4) is 17.6 Å². The number of phenolic OH excluding ortho intramolecular Hbond substituents is 1. The number of aryl methyl sites for hydroxylation is 1. The maximum atomic E-state index is 14.2. The lowest BCUT2D eigenvalue weighted by Crippen LogP contribution is -2.33. The summed E-state index contributed by atoms with van der Waals surface area (Å²) in [6, 6.07) is 15.9. The van der Waals surface area contributed by atoms with Crippen molar-refractivity contribution in [1.29, 1.82) is 0 Å². The summed E-state index contributed by atoms with van der Waals surface area (Å²) in [7, 11) is 0. The van der Waals surface area contributed by atoms with E-state index in [0.29, 0.717) is 17.0 Å². The van der Waals surface area contributed by atoms with Gasteiger partial charge in [0.1, 0.15) is 17.3 Å². The second-order valence-corrected chi connectivity index (χ2v) is 9.86. The molecule has 6 nitrogen and oxygen atoms in total. The molecule has 0 saturated carbocycles. The van der Waals surface area contributed by atoms with Crippen LogP contribution >= 0.6 is 0 Å². The lowest BCUT2D eigenvalue weighted by molar-refractivity contribution is 0.0936. The van der Waals surface area contributed by atoms with Gasteiger partial charge in [-0.1, -0.05) is 30.0 Å². The van der Waals surface area contributed by atoms with Crippen molar-refractivity contribution in [2.24, 2.45) is 5.41 Å². The van der Waals surface area contributed by atoms with Crippen LogP contribution in [-0.2, 0) is 0 Å². The van der Waals surface area contributed by atoms with Crippen LogP contribution < -0.4 is 10.6 Å². The van der Waals surface area contributed by atoms with E-state index < -0.39 is 17.8 Å². The third kappa shape index (κ3) is 5.50. The number of nitrogens with one attached hydrogen (secondary N) is 3. The molecule has 0 bridgehead atoms. The van der Waals surface area contributed by atoms with Crippen molar-refractivity contribution in [3.63, 3.8) is 0 Å². The summed E-state index contributed by atoms with van der Waals surface area (Å²) in [6.07, 6.45) is 1.95. The number of piperidine rings is 1. The number of aromatic nitrogens is 2. The Morgan fingerprint density at radius 3 is 2.70 bits per heavy atom. The van der Waals surface area contributed by atoms with E-state index in [9.17, 15) is 14.3 Å². The summed E-state index contributed by atoms with van der Waals surface area (Å²) in [6.45, 7) is 5.87. The molecule has 1 aliphatic heterocycles. The molecule has 0 aliphatic carbocycles. The predicted octanol–water partition coefficient (Wildman–Crippen LogP) is 4.98. The van der Waals surface area contributed by atoms with E-state index in [-0.39, 0.29) is 22.4 Å². The number of hydrogen-bond donors (Lipinski definition) is 4. The molecule has 1 fully saturated rings. The first-order valence-corrected chi connectivity index (χ1v) is 12.4. The number of rotatable bonds is 4. The van der Waals surface area contributed by atoms with Gasteiger partial charge in [-0.15, -0.1) is 0 Å². The molecule has 1 atom stereocenters. The van der Waals surface area contributed by atoms with Crippen LogP contribution in [0, 0.1) is 30.0 Å². The van der Waals surface area contributed by atoms with Gasteiger partial charge in [0.25, 0.3) is 5.91 Å². The molecule has 1 amide bonds. The van der Waals surface area contributed by atoms with Gasteiger partial charge in [0.15, 0.2) is 0 Å². The van der Waals surface area contributed by atoms with E-state index in [2.05, 4.69) is 39.4 Å². The third-order valence-electron chi connectivity index (χ3n) is 6.84. The molecule has 5 rings (SSSR count). The van der Waals surface area contributed by atoms with E-state index >= 15 is 0 Å².